The smallest absolute Gasteiger partial charge is 0.416 e. The molecule has 0 radical (unpaired) electrons. The minimum atomic E-state index is -4.70. The molecular weight excluding hydrogens is 549 g/mol. The Bertz CT molecular complexity index is 1300. The lowest BCUT2D eigenvalue weighted by Crippen LogP contribution is -2.50. The first-order valence-electron chi connectivity index (χ1n) is 12.9. The minimum absolute atomic E-state index is 0.00634. The van der Waals surface area contributed by atoms with E-state index >= 15 is 0 Å². The molecule has 2 aromatic carbocycles. The predicted octanol–water partition coefficient (Wildman–Crippen LogP) is 4.72. The summed E-state index contributed by atoms with van der Waals surface area (Å²) >= 11 is 5.94. The van der Waals surface area contributed by atoms with Crippen molar-refractivity contribution in [2.75, 3.05) is 46.4 Å². The number of likely N-dealkylation sites (N-methyl/N-ethyl adjacent to an activating group) is 1. The molecule has 2 aliphatic heterocycles. The maximum Gasteiger partial charge on any atom is 0.416 e. The van der Waals surface area contributed by atoms with Gasteiger partial charge in [-0.1, -0.05) is 29.8 Å². The number of nitrogens with one attached hydrogen (secondary N) is 1. The van der Waals surface area contributed by atoms with Gasteiger partial charge in [0.1, 0.15) is 0 Å². The molecule has 1 atom stereocenters. The Balaban J connectivity index is 1.65. The molecule has 1 saturated heterocycles. The monoisotopic (exact) mass is 578 g/mol. The highest BCUT2D eigenvalue weighted by Gasteiger charge is 2.42. The summed E-state index contributed by atoms with van der Waals surface area (Å²) in [6.45, 7) is 3.57. The first-order chi connectivity index (χ1) is 19.0. The quantitative estimate of drug-likeness (QED) is 0.502. The summed E-state index contributed by atoms with van der Waals surface area (Å²) in [6, 6.07) is 9.50. The zero-order chi connectivity index (χ0) is 29.0. The van der Waals surface area contributed by atoms with Crippen molar-refractivity contribution in [3.63, 3.8) is 0 Å². The van der Waals surface area contributed by atoms with Gasteiger partial charge in [0.15, 0.2) is 0 Å². The molecule has 8 nitrogen and oxygen atoms in total. The largest absolute Gasteiger partial charge is 0.463 e. The Labute approximate surface area is 235 Å². The normalized spacial score (nSPS) is 18.9. The number of esters is 1. The van der Waals surface area contributed by atoms with Crippen molar-refractivity contribution in [2.24, 2.45) is 0 Å². The van der Waals surface area contributed by atoms with Gasteiger partial charge in [-0.05, 0) is 49.2 Å². The third kappa shape index (κ3) is 6.42. The molecule has 4 rings (SSSR count). The van der Waals surface area contributed by atoms with Crippen LogP contribution in [-0.2, 0) is 15.7 Å². The van der Waals surface area contributed by atoms with E-state index in [1.54, 1.807) is 36.1 Å². The van der Waals surface area contributed by atoms with Gasteiger partial charge in [-0.2, -0.15) is 13.2 Å². The molecular formula is C28H30ClF3N4O4. The Morgan fingerprint density at radius 1 is 1.05 bits per heavy atom. The Morgan fingerprint density at radius 3 is 2.42 bits per heavy atom. The molecule has 2 heterocycles. The van der Waals surface area contributed by atoms with Gasteiger partial charge < -0.3 is 15.0 Å². The van der Waals surface area contributed by atoms with Crippen molar-refractivity contribution < 1.29 is 32.3 Å². The molecule has 3 amide bonds. The van der Waals surface area contributed by atoms with Crippen LogP contribution >= 0.6 is 11.6 Å². The average molecular weight is 579 g/mol. The van der Waals surface area contributed by atoms with E-state index < -0.39 is 29.8 Å². The van der Waals surface area contributed by atoms with Crippen molar-refractivity contribution >= 4 is 29.5 Å². The highest BCUT2D eigenvalue weighted by Crippen LogP contribution is 2.39. The number of carbonyl (C=O) groups excluding carboxylic acids is 3. The first kappa shape index (κ1) is 29.4. The molecule has 0 aliphatic carbocycles. The number of hydrogen-bond acceptors (Lipinski definition) is 5. The molecule has 12 heteroatoms. The van der Waals surface area contributed by atoms with Gasteiger partial charge in [0.2, 0.25) is 0 Å². The van der Waals surface area contributed by atoms with Gasteiger partial charge >= 0.3 is 18.2 Å². The van der Waals surface area contributed by atoms with E-state index in [4.69, 9.17) is 16.3 Å². The van der Waals surface area contributed by atoms with Crippen molar-refractivity contribution in [3.05, 3.63) is 81.5 Å². The Morgan fingerprint density at radius 2 is 1.75 bits per heavy atom. The van der Waals surface area contributed by atoms with Crippen LogP contribution in [0.1, 0.15) is 40.9 Å². The molecule has 2 aliphatic rings. The number of nitrogens with zero attached hydrogens (tertiary/aromatic N) is 3. The van der Waals surface area contributed by atoms with Crippen molar-refractivity contribution in [2.45, 2.75) is 25.6 Å². The number of rotatable bonds is 6. The van der Waals surface area contributed by atoms with E-state index in [1.807, 2.05) is 4.90 Å². The zero-order valence-corrected chi connectivity index (χ0v) is 22.9. The second-order valence-electron chi connectivity index (χ2n) is 9.54. The second-order valence-corrected chi connectivity index (χ2v) is 9.97. The molecule has 214 valence electrons. The average Bonchev–Trinajstić information content (AvgIpc) is 3.16. The number of ether oxygens (including phenoxy) is 1. The third-order valence-electron chi connectivity index (χ3n) is 6.99. The van der Waals surface area contributed by atoms with Gasteiger partial charge in [-0.15, -0.1) is 0 Å². The molecule has 1 N–H and O–H groups in total. The van der Waals surface area contributed by atoms with Crippen LogP contribution in [-0.4, -0.2) is 79.0 Å². The predicted molar refractivity (Wildman–Crippen MR) is 143 cm³/mol. The number of benzene rings is 2. The zero-order valence-electron chi connectivity index (χ0n) is 22.1. The van der Waals surface area contributed by atoms with Gasteiger partial charge in [-0.3, -0.25) is 14.6 Å². The lowest BCUT2D eigenvalue weighted by molar-refractivity contribution is -0.141. The fraction of sp³-hybridized carbons (Fsp3) is 0.393. The SMILES string of the molecule is CCOC(=O)C1=C(CN2CCCN(C(=O)c3ccc(Cl)cc3)CC2)N(C)C(=O)N[C@H]1c1ccccc1C(F)(F)F. The number of hydrogen-bond donors (Lipinski definition) is 1. The number of carbonyl (C=O) groups is 3. The summed E-state index contributed by atoms with van der Waals surface area (Å²) in [6.07, 6.45) is -4.08. The van der Waals surface area contributed by atoms with Crippen LogP contribution in [0.15, 0.2) is 59.8 Å². The molecule has 0 aromatic heterocycles. The van der Waals surface area contributed by atoms with Gasteiger partial charge in [0.25, 0.3) is 5.91 Å². The molecule has 0 saturated carbocycles. The van der Waals surface area contributed by atoms with Gasteiger partial charge in [0, 0.05) is 56.1 Å². The molecule has 2 aromatic rings. The highest BCUT2D eigenvalue weighted by molar-refractivity contribution is 6.30. The van der Waals surface area contributed by atoms with Crippen LogP contribution < -0.4 is 5.32 Å². The summed E-state index contributed by atoms with van der Waals surface area (Å²) in [5.74, 6) is -0.941. The second kappa shape index (κ2) is 12.3. The van der Waals surface area contributed by atoms with Gasteiger partial charge in [0.05, 0.1) is 23.8 Å². The summed E-state index contributed by atoms with van der Waals surface area (Å²) in [4.78, 5) is 44.2. The lowest BCUT2D eigenvalue weighted by Gasteiger charge is -2.37. The van der Waals surface area contributed by atoms with E-state index in [2.05, 4.69) is 5.32 Å². The number of amides is 3. The Kier molecular flexibility index (Phi) is 9.05. The topological polar surface area (TPSA) is 82.2 Å². The van der Waals surface area contributed by atoms with Crippen LogP contribution in [0.3, 0.4) is 0 Å². The van der Waals surface area contributed by atoms with Crippen molar-refractivity contribution in [3.8, 4) is 0 Å². The number of urea groups is 1. The van der Waals surface area contributed by atoms with Crippen LogP contribution in [0.4, 0.5) is 18.0 Å². The van der Waals surface area contributed by atoms with E-state index in [1.165, 1.54) is 30.1 Å². The molecule has 1 fully saturated rings. The van der Waals surface area contributed by atoms with E-state index in [-0.39, 0.29) is 35.9 Å². The van der Waals surface area contributed by atoms with E-state index in [0.29, 0.717) is 43.2 Å². The van der Waals surface area contributed by atoms with Crippen molar-refractivity contribution in [1.82, 2.24) is 20.0 Å². The van der Waals surface area contributed by atoms with Crippen LogP contribution in [0.25, 0.3) is 0 Å². The lowest BCUT2D eigenvalue weighted by atomic mass is 9.90. The Hall–Kier alpha value is -3.57. The van der Waals surface area contributed by atoms with E-state index in [0.717, 1.165) is 6.07 Å². The van der Waals surface area contributed by atoms with E-state index in [9.17, 15) is 27.6 Å². The minimum Gasteiger partial charge on any atom is -0.463 e. The molecule has 40 heavy (non-hydrogen) atoms. The summed E-state index contributed by atoms with van der Waals surface area (Å²) < 4.78 is 47.0. The molecule has 0 spiro atoms. The number of alkyl halides is 3. The van der Waals surface area contributed by atoms with Gasteiger partial charge in [-0.25, -0.2) is 9.59 Å². The van der Waals surface area contributed by atoms with Crippen molar-refractivity contribution in [1.29, 1.82) is 0 Å². The first-order valence-corrected chi connectivity index (χ1v) is 13.3. The number of halogens is 4. The van der Waals surface area contributed by atoms with Crippen LogP contribution in [0.2, 0.25) is 5.02 Å². The highest BCUT2D eigenvalue weighted by atomic mass is 35.5. The molecule has 0 unspecified atom stereocenters. The fourth-order valence-electron chi connectivity index (χ4n) is 4.96. The summed E-state index contributed by atoms with van der Waals surface area (Å²) in [7, 11) is 1.46. The summed E-state index contributed by atoms with van der Waals surface area (Å²) in [5, 5.41) is 3.08. The van der Waals surface area contributed by atoms with Crippen LogP contribution in [0, 0.1) is 0 Å². The standard InChI is InChI=1S/C28H30ClF3N4O4/c1-3-40-26(38)23-22(34(2)27(39)33-24(23)20-7-4-5-8-21(20)28(30,31)32)17-35-13-6-14-36(16-15-35)25(37)18-9-11-19(29)12-10-18/h4-5,7-12,24H,3,6,13-17H2,1-2H3,(H,33,39)/t24-/m0/s1. The van der Waals surface area contributed by atoms with Crippen LogP contribution in [0.5, 0.6) is 0 Å². The maximum atomic E-state index is 13.9. The summed E-state index contributed by atoms with van der Waals surface area (Å²) in [5.41, 5.74) is -0.481. The molecule has 0 bridgehead atoms. The third-order valence-corrected chi connectivity index (χ3v) is 7.24. The maximum absolute atomic E-state index is 13.9. The fourth-order valence-corrected chi connectivity index (χ4v) is 5.08.